The van der Waals surface area contributed by atoms with Crippen LogP contribution in [0.15, 0.2) is 12.1 Å². The van der Waals surface area contributed by atoms with E-state index in [-0.39, 0.29) is 5.41 Å². The quantitative estimate of drug-likeness (QED) is 0.876. The third-order valence-corrected chi connectivity index (χ3v) is 3.39. The third kappa shape index (κ3) is 3.49. The van der Waals surface area contributed by atoms with Gasteiger partial charge in [0, 0.05) is 0 Å². The average molecular weight is 264 g/mol. The standard InChI is InChI=1S/C16H24O3/c1-10-7-11(9-16(5,6)14(18)19)8-12(13(10)17)15(2,3)4/h7-8,17H,9H2,1-6H3,(H,18,19). The van der Waals surface area contributed by atoms with Gasteiger partial charge in [-0.2, -0.15) is 0 Å². The van der Waals surface area contributed by atoms with Gasteiger partial charge in [0.15, 0.2) is 0 Å². The van der Waals surface area contributed by atoms with Gasteiger partial charge in [-0.15, -0.1) is 0 Å². The lowest BCUT2D eigenvalue weighted by Crippen LogP contribution is -2.26. The molecule has 19 heavy (non-hydrogen) atoms. The minimum absolute atomic E-state index is 0.168. The van der Waals surface area contributed by atoms with Crippen LogP contribution in [0.4, 0.5) is 0 Å². The zero-order valence-electron chi connectivity index (χ0n) is 12.7. The Hall–Kier alpha value is -1.51. The number of hydrogen-bond acceptors (Lipinski definition) is 2. The SMILES string of the molecule is Cc1cc(CC(C)(C)C(=O)O)cc(C(C)(C)C)c1O. The van der Waals surface area contributed by atoms with Crippen LogP contribution in [0.5, 0.6) is 5.75 Å². The fourth-order valence-electron chi connectivity index (χ4n) is 2.11. The van der Waals surface area contributed by atoms with E-state index in [2.05, 4.69) is 0 Å². The molecular formula is C16H24O3. The van der Waals surface area contributed by atoms with Gasteiger partial charge in [0.1, 0.15) is 5.75 Å². The van der Waals surface area contributed by atoms with Gasteiger partial charge in [0.05, 0.1) is 5.41 Å². The highest BCUT2D eigenvalue weighted by Crippen LogP contribution is 2.35. The smallest absolute Gasteiger partial charge is 0.309 e. The predicted octanol–water partition coefficient (Wildman–Crippen LogP) is 3.65. The molecule has 106 valence electrons. The molecule has 0 unspecified atom stereocenters. The molecule has 0 fully saturated rings. The van der Waals surface area contributed by atoms with E-state index in [1.165, 1.54) is 0 Å². The molecule has 0 amide bonds. The molecule has 0 saturated heterocycles. The Morgan fingerprint density at radius 2 is 1.68 bits per heavy atom. The highest BCUT2D eigenvalue weighted by Gasteiger charge is 2.29. The number of phenolic OH excluding ortho intramolecular Hbond substituents is 1. The van der Waals surface area contributed by atoms with Crippen LogP contribution >= 0.6 is 0 Å². The van der Waals surface area contributed by atoms with Crippen LogP contribution in [0.1, 0.15) is 51.3 Å². The van der Waals surface area contributed by atoms with Crippen molar-refractivity contribution in [2.24, 2.45) is 5.41 Å². The zero-order valence-corrected chi connectivity index (χ0v) is 12.7. The summed E-state index contributed by atoms with van der Waals surface area (Å²) in [6.45, 7) is 11.4. The first-order chi connectivity index (χ1) is 8.45. The van der Waals surface area contributed by atoms with Crippen molar-refractivity contribution >= 4 is 5.97 Å². The number of aliphatic carboxylic acids is 1. The van der Waals surface area contributed by atoms with Gasteiger partial charge >= 0.3 is 5.97 Å². The molecule has 0 atom stereocenters. The summed E-state index contributed by atoms with van der Waals surface area (Å²) in [6.07, 6.45) is 0.451. The Morgan fingerprint density at radius 1 is 1.16 bits per heavy atom. The minimum atomic E-state index is -0.810. The van der Waals surface area contributed by atoms with E-state index in [1.54, 1.807) is 13.8 Å². The minimum Gasteiger partial charge on any atom is -0.507 e. The van der Waals surface area contributed by atoms with Crippen molar-refractivity contribution in [2.75, 3.05) is 0 Å². The molecule has 3 nitrogen and oxygen atoms in total. The monoisotopic (exact) mass is 264 g/mol. The fourth-order valence-corrected chi connectivity index (χ4v) is 2.11. The first-order valence-corrected chi connectivity index (χ1v) is 6.51. The van der Waals surface area contributed by atoms with Crippen molar-refractivity contribution in [3.63, 3.8) is 0 Å². The van der Waals surface area contributed by atoms with Gasteiger partial charge in [-0.25, -0.2) is 0 Å². The number of aryl methyl sites for hydroxylation is 1. The summed E-state index contributed by atoms with van der Waals surface area (Å²) in [5.74, 6) is -0.500. The van der Waals surface area contributed by atoms with Crippen molar-refractivity contribution in [3.05, 3.63) is 28.8 Å². The number of carbonyl (C=O) groups is 1. The van der Waals surface area contributed by atoms with Gasteiger partial charge in [-0.05, 0) is 49.3 Å². The number of carboxylic acid groups (broad SMARTS) is 1. The Morgan fingerprint density at radius 3 is 2.11 bits per heavy atom. The maximum Gasteiger partial charge on any atom is 0.309 e. The van der Waals surface area contributed by atoms with E-state index in [4.69, 9.17) is 0 Å². The Kier molecular flexibility index (Phi) is 3.99. The van der Waals surface area contributed by atoms with E-state index in [0.717, 1.165) is 16.7 Å². The van der Waals surface area contributed by atoms with Crippen LogP contribution < -0.4 is 0 Å². The molecule has 0 aliphatic carbocycles. The summed E-state index contributed by atoms with van der Waals surface area (Å²) < 4.78 is 0. The lowest BCUT2D eigenvalue weighted by atomic mass is 9.80. The summed E-state index contributed by atoms with van der Waals surface area (Å²) in [5, 5.41) is 19.4. The summed E-state index contributed by atoms with van der Waals surface area (Å²) in [7, 11) is 0. The molecule has 0 bridgehead atoms. The second kappa shape index (κ2) is 4.87. The summed E-state index contributed by atoms with van der Waals surface area (Å²) in [4.78, 5) is 11.2. The van der Waals surface area contributed by atoms with Crippen LogP contribution in [-0.4, -0.2) is 16.2 Å². The Bertz CT molecular complexity index is 493. The van der Waals surface area contributed by atoms with Crippen LogP contribution in [0.3, 0.4) is 0 Å². The molecule has 0 aliphatic heterocycles. The molecule has 3 heteroatoms. The van der Waals surface area contributed by atoms with E-state index in [1.807, 2.05) is 39.8 Å². The van der Waals surface area contributed by atoms with Crippen molar-refractivity contribution in [3.8, 4) is 5.75 Å². The second-order valence-corrected chi connectivity index (χ2v) is 6.92. The van der Waals surface area contributed by atoms with Gasteiger partial charge in [0.25, 0.3) is 0 Å². The molecule has 0 heterocycles. The van der Waals surface area contributed by atoms with Crippen molar-refractivity contribution in [1.82, 2.24) is 0 Å². The molecule has 1 aromatic rings. The van der Waals surface area contributed by atoms with Gasteiger partial charge < -0.3 is 10.2 Å². The lowest BCUT2D eigenvalue weighted by Gasteiger charge is -2.25. The van der Waals surface area contributed by atoms with E-state index in [9.17, 15) is 15.0 Å². The molecule has 0 aliphatic rings. The van der Waals surface area contributed by atoms with E-state index >= 15 is 0 Å². The van der Waals surface area contributed by atoms with Crippen LogP contribution in [-0.2, 0) is 16.6 Å². The van der Waals surface area contributed by atoms with Crippen molar-refractivity contribution < 1.29 is 15.0 Å². The van der Waals surface area contributed by atoms with Crippen LogP contribution in [0, 0.1) is 12.3 Å². The molecule has 0 saturated carbocycles. The fraction of sp³-hybridized carbons (Fsp3) is 0.562. The summed E-state index contributed by atoms with van der Waals surface area (Å²) in [5.41, 5.74) is 1.64. The van der Waals surface area contributed by atoms with Crippen LogP contribution in [0.25, 0.3) is 0 Å². The highest BCUT2D eigenvalue weighted by atomic mass is 16.4. The molecule has 0 aromatic heterocycles. The number of hydrogen-bond donors (Lipinski definition) is 2. The Balaban J connectivity index is 3.26. The first-order valence-electron chi connectivity index (χ1n) is 6.51. The van der Waals surface area contributed by atoms with Crippen LogP contribution in [0.2, 0.25) is 0 Å². The number of benzene rings is 1. The number of carboxylic acids is 1. The molecule has 1 aromatic carbocycles. The topological polar surface area (TPSA) is 57.5 Å². The van der Waals surface area contributed by atoms with Crippen molar-refractivity contribution in [2.45, 2.75) is 53.4 Å². The molecule has 2 N–H and O–H groups in total. The van der Waals surface area contributed by atoms with Gasteiger partial charge in [0.2, 0.25) is 0 Å². The normalized spacial score (nSPS) is 12.5. The van der Waals surface area contributed by atoms with Gasteiger partial charge in [-0.1, -0.05) is 32.9 Å². The maximum absolute atomic E-state index is 11.2. The molecule has 0 spiro atoms. The highest BCUT2D eigenvalue weighted by molar-refractivity contribution is 5.74. The molecule has 0 radical (unpaired) electrons. The van der Waals surface area contributed by atoms with Crippen molar-refractivity contribution in [1.29, 1.82) is 0 Å². The largest absolute Gasteiger partial charge is 0.507 e. The number of rotatable bonds is 3. The van der Waals surface area contributed by atoms with E-state index < -0.39 is 11.4 Å². The summed E-state index contributed by atoms with van der Waals surface area (Å²) >= 11 is 0. The first kappa shape index (κ1) is 15.5. The third-order valence-electron chi connectivity index (χ3n) is 3.39. The predicted molar refractivity (Wildman–Crippen MR) is 76.7 cm³/mol. The zero-order chi connectivity index (χ0) is 15.0. The molecular weight excluding hydrogens is 240 g/mol. The lowest BCUT2D eigenvalue weighted by molar-refractivity contribution is -0.146. The number of phenols is 1. The summed E-state index contributed by atoms with van der Waals surface area (Å²) in [6, 6.07) is 3.79. The average Bonchev–Trinajstić information content (AvgIpc) is 2.20. The molecule has 1 rings (SSSR count). The second-order valence-electron chi connectivity index (χ2n) is 6.92. The van der Waals surface area contributed by atoms with E-state index in [0.29, 0.717) is 12.2 Å². The Labute approximate surface area is 115 Å². The number of aromatic hydroxyl groups is 1. The maximum atomic E-state index is 11.2. The van der Waals surface area contributed by atoms with Gasteiger partial charge in [-0.3, -0.25) is 4.79 Å².